The van der Waals surface area contributed by atoms with E-state index in [1.165, 1.54) is 22.7 Å². The van der Waals surface area contributed by atoms with E-state index < -0.39 is 5.97 Å². The van der Waals surface area contributed by atoms with E-state index >= 15 is 0 Å². The van der Waals surface area contributed by atoms with Crippen molar-refractivity contribution in [2.24, 2.45) is 0 Å². The smallest absolute Gasteiger partial charge is 0.348 e. The molecular weight excluding hydrogens is 304 g/mol. The summed E-state index contributed by atoms with van der Waals surface area (Å²) in [6.07, 6.45) is 0. The molecular formula is C16H12O3S2. The molecule has 1 aromatic carbocycles. The monoisotopic (exact) mass is 316 g/mol. The molecule has 2 heterocycles. The Bertz CT molecular complexity index is 781. The summed E-state index contributed by atoms with van der Waals surface area (Å²) < 4.78 is 6.14. The first kappa shape index (κ1) is 14.0. The van der Waals surface area contributed by atoms with Gasteiger partial charge in [0.1, 0.15) is 4.88 Å². The van der Waals surface area contributed by atoms with Crippen LogP contribution in [0.5, 0.6) is 0 Å². The molecule has 0 amide bonds. The molecule has 0 aliphatic carbocycles. The number of rotatable bonds is 4. The topological polar surface area (TPSA) is 43.4 Å². The van der Waals surface area contributed by atoms with Gasteiger partial charge in [0, 0.05) is 9.58 Å². The molecule has 0 aliphatic heterocycles. The SMILES string of the molecule is Cc1ccc(C(=O)COC(=O)c2cc3ccccc3s2)s1. The summed E-state index contributed by atoms with van der Waals surface area (Å²) in [6, 6.07) is 13.2. The molecule has 5 heteroatoms. The van der Waals surface area contributed by atoms with Gasteiger partial charge in [-0.15, -0.1) is 22.7 Å². The van der Waals surface area contributed by atoms with Crippen LogP contribution in [0.25, 0.3) is 10.1 Å². The number of ketones is 1. The average Bonchev–Trinajstić information content (AvgIpc) is 3.10. The Morgan fingerprint density at radius 1 is 1.05 bits per heavy atom. The highest BCUT2D eigenvalue weighted by Gasteiger charge is 2.15. The standard InChI is InChI=1S/C16H12O3S2/c1-10-6-7-14(20-10)12(17)9-19-16(18)15-8-11-4-2-3-5-13(11)21-15/h2-8H,9H2,1H3. The Morgan fingerprint density at radius 2 is 1.86 bits per heavy atom. The fraction of sp³-hybridized carbons (Fsp3) is 0.125. The minimum absolute atomic E-state index is 0.164. The van der Waals surface area contributed by atoms with E-state index in [0.29, 0.717) is 9.75 Å². The first-order chi connectivity index (χ1) is 10.1. The zero-order valence-corrected chi connectivity index (χ0v) is 12.9. The van der Waals surface area contributed by atoms with Gasteiger partial charge in [0.05, 0.1) is 4.88 Å². The largest absolute Gasteiger partial charge is 0.453 e. The van der Waals surface area contributed by atoms with Crippen LogP contribution in [0.4, 0.5) is 0 Å². The van der Waals surface area contributed by atoms with Gasteiger partial charge in [-0.25, -0.2) is 4.79 Å². The summed E-state index contributed by atoms with van der Waals surface area (Å²) in [7, 11) is 0. The fourth-order valence-corrected chi connectivity index (χ4v) is 3.69. The molecule has 3 aromatic rings. The van der Waals surface area contributed by atoms with Crippen molar-refractivity contribution in [3.63, 3.8) is 0 Å². The van der Waals surface area contributed by atoms with Gasteiger partial charge in [0.2, 0.25) is 5.78 Å². The number of fused-ring (bicyclic) bond motifs is 1. The minimum Gasteiger partial charge on any atom is -0.453 e. The number of hydrogen-bond acceptors (Lipinski definition) is 5. The van der Waals surface area contributed by atoms with E-state index in [9.17, 15) is 9.59 Å². The second kappa shape index (κ2) is 5.79. The van der Waals surface area contributed by atoms with E-state index in [4.69, 9.17) is 4.74 Å². The van der Waals surface area contributed by atoms with Gasteiger partial charge in [0.15, 0.2) is 6.61 Å². The fourth-order valence-electron chi connectivity index (χ4n) is 1.94. The maximum Gasteiger partial charge on any atom is 0.348 e. The Labute approximate surface area is 129 Å². The highest BCUT2D eigenvalue weighted by atomic mass is 32.1. The summed E-state index contributed by atoms with van der Waals surface area (Å²) in [6.45, 7) is 1.72. The van der Waals surface area contributed by atoms with Crippen LogP contribution >= 0.6 is 22.7 Å². The van der Waals surface area contributed by atoms with Crippen molar-refractivity contribution in [3.8, 4) is 0 Å². The van der Waals surface area contributed by atoms with Crippen LogP contribution in [0, 0.1) is 6.92 Å². The van der Waals surface area contributed by atoms with Crippen LogP contribution < -0.4 is 0 Å². The summed E-state index contributed by atoms with van der Waals surface area (Å²) in [5.41, 5.74) is 0. The Morgan fingerprint density at radius 3 is 2.57 bits per heavy atom. The van der Waals surface area contributed by atoms with Crippen molar-refractivity contribution in [2.45, 2.75) is 6.92 Å². The molecule has 0 radical (unpaired) electrons. The van der Waals surface area contributed by atoms with Gasteiger partial charge in [0.25, 0.3) is 0 Å². The quantitative estimate of drug-likeness (QED) is 0.532. The number of thiophene rings is 2. The number of benzene rings is 1. The van der Waals surface area contributed by atoms with Crippen LogP contribution in [0.1, 0.15) is 24.2 Å². The van der Waals surface area contributed by atoms with Gasteiger partial charge < -0.3 is 4.74 Å². The van der Waals surface area contributed by atoms with E-state index in [-0.39, 0.29) is 12.4 Å². The van der Waals surface area contributed by atoms with Gasteiger partial charge in [-0.05, 0) is 36.6 Å². The van der Waals surface area contributed by atoms with Crippen LogP contribution in [0.3, 0.4) is 0 Å². The van der Waals surface area contributed by atoms with Crippen LogP contribution in [0.2, 0.25) is 0 Å². The van der Waals surface area contributed by atoms with Crippen LogP contribution in [0.15, 0.2) is 42.5 Å². The van der Waals surface area contributed by atoms with Crippen molar-refractivity contribution in [3.05, 3.63) is 57.1 Å². The highest BCUT2D eigenvalue weighted by molar-refractivity contribution is 7.20. The van der Waals surface area contributed by atoms with Crippen molar-refractivity contribution in [1.82, 2.24) is 0 Å². The molecule has 0 N–H and O–H groups in total. The lowest BCUT2D eigenvalue weighted by molar-refractivity contribution is 0.0481. The normalized spacial score (nSPS) is 10.7. The number of carbonyl (C=O) groups excluding carboxylic acids is 2. The number of ether oxygens (including phenoxy) is 1. The zero-order valence-electron chi connectivity index (χ0n) is 11.3. The molecule has 0 fully saturated rings. The first-order valence-corrected chi connectivity index (χ1v) is 8.02. The predicted molar refractivity (Wildman–Crippen MR) is 85.5 cm³/mol. The molecule has 0 aliphatic rings. The molecule has 21 heavy (non-hydrogen) atoms. The number of esters is 1. The number of Topliss-reactive ketones (excluding diaryl/α,β-unsaturated/α-hetero) is 1. The van der Waals surface area contributed by atoms with Crippen molar-refractivity contribution < 1.29 is 14.3 Å². The third-order valence-electron chi connectivity index (χ3n) is 2.98. The third-order valence-corrected chi connectivity index (χ3v) is 5.11. The molecule has 3 rings (SSSR count). The molecule has 106 valence electrons. The Balaban J connectivity index is 1.67. The minimum atomic E-state index is -0.446. The molecule has 0 spiro atoms. The van der Waals surface area contributed by atoms with Crippen molar-refractivity contribution >= 4 is 44.5 Å². The third kappa shape index (κ3) is 3.04. The maximum absolute atomic E-state index is 12.0. The summed E-state index contributed by atoms with van der Waals surface area (Å²) in [4.78, 5) is 26.1. The lowest BCUT2D eigenvalue weighted by Crippen LogP contribution is -2.12. The lowest BCUT2D eigenvalue weighted by atomic mass is 10.2. The molecule has 2 aromatic heterocycles. The molecule has 0 unspecified atom stereocenters. The Kier molecular flexibility index (Phi) is 3.86. The average molecular weight is 316 g/mol. The highest BCUT2D eigenvalue weighted by Crippen LogP contribution is 2.25. The van der Waals surface area contributed by atoms with Crippen molar-refractivity contribution in [2.75, 3.05) is 6.61 Å². The van der Waals surface area contributed by atoms with E-state index in [1.54, 1.807) is 12.1 Å². The van der Waals surface area contributed by atoms with Gasteiger partial charge in [-0.1, -0.05) is 18.2 Å². The molecule has 0 atom stereocenters. The van der Waals surface area contributed by atoms with Gasteiger partial charge in [-0.3, -0.25) is 4.79 Å². The summed E-state index contributed by atoms with van der Waals surface area (Å²) in [5, 5.41) is 1.01. The molecule has 0 saturated carbocycles. The second-order valence-corrected chi connectivity index (χ2v) is 6.93. The first-order valence-electron chi connectivity index (χ1n) is 6.39. The summed E-state index contributed by atoms with van der Waals surface area (Å²) in [5.74, 6) is -0.611. The lowest BCUT2D eigenvalue weighted by Gasteiger charge is -2.00. The summed E-state index contributed by atoms with van der Waals surface area (Å²) >= 11 is 2.78. The number of hydrogen-bond donors (Lipinski definition) is 0. The predicted octanol–water partition coefficient (Wildman–Crippen LogP) is 4.31. The van der Waals surface area contributed by atoms with Gasteiger partial charge >= 0.3 is 5.97 Å². The van der Waals surface area contributed by atoms with Crippen LogP contribution in [-0.2, 0) is 4.74 Å². The maximum atomic E-state index is 12.0. The number of carbonyl (C=O) groups is 2. The second-order valence-electron chi connectivity index (χ2n) is 4.56. The van der Waals surface area contributed by atoms with Crippen molar-refractivity contribution in [1.29, 1.82) is 0 Å². The van der Waals surface area contributed by atoms with E-state index in [2.05, 4.69) is 0 Å². The van der Waals surface area contributed by atoms with Gasteiger partial charge in [-0.2, -0.15) is 0 Å². The molecule has 3 nitrogen and oxygen atoms in total. The van der Waals surface area contributed by atoms with Crippen LogP contribution in [-0.4, -0.2) is 18.4 Å². The van der Waals surface area contributed by atoms with E-state index in [1.807, 2.05) is 37.3 Å². The van der Waals surface area contributed by atoms with E-state index in [0.717, 1.165) is 15.0 Å². The Hall–Kier alpha value is -1.98. The molecule has 0 saturated heterocycles. The molecule has 0 bridgehead atoms. The zero-order chi connectivity index (χ0) is 14.8. The number of aryl methyl sites for hydroxylation is 1.